The van der Waals surface area contributed by atoms with Crippen LogP contribution in [0.15, 0.2) is 17.0 Å². The Bertz CT molecular complexity index is 689. The lowest BCUT2D eigenvalue weighted by molar-refractivity contribution is -0.121. The van der Waals surface area contributed by atoms with Crippen LogP contribution in [-0.4, -0.2) is 39.3 Å². The van der Waals surface area contributed by atoms with Gasteiger partial charge in [0.25, 0.3) is 0 Å². The van der Waals surface area contributed by atoms with Gasteiger partial charge in [-0.3, -0.25) is 4.79 Å². The van der Waals surface area contributed by atoms with Crippen molar-refractivity contribution in [2.45, 2.75) is 50.3 Å². The largest absolute Gasteiger partial charge is 0.493 e. The molecule has 0 saturated carbocycles. The van der Waals surface area contributed by atoms with Gasteiger partial charge in [-0.2, -0.15) is 0 Å². The van der Waals surface area contributed by atoms with E-state index in [-0.39, 0.29) is 4.90 Å². The Balaban J connectivity index is 3.30. The molecule has 1 rings (SSSR count). The summed E-state index contributed by atoms with van der Waals surface area (Å²) in [5, 5.41) is 1.48. The topological polar surface area (TPSA) is 81.7 Å². The van der Waals surface area contributed by atoms with Crippen LogP contribution in [0.1, 0.15) is 33.3 Å². The van der Waals surface area contributed by atoms with Crippen molar-refractivity contribution in [3.8, 4) is 11.5 Å². The van der Waals surface area contributed by atoms with E-state index in [2.05, 4.69) is 5.32 Å². The van der Waals surface area contributed by atoms with Crippen LogP contribution in [-0.2, 0) is 14.6 Å². The zero-order chi connectivity index (χ0) is 18.0. The summed E-state index contributed by atoms with van der Waals surface area (Å²) in [4.78, 5) is 12.3. The maximum Gasteiger partial charge on any atom is 0.238 e. The molecule has 0 aliphatic rings. The molecule has 0 heterocycles. The maximum absolute atomic E-state index is 12.8. The van der Waals surface area contributed by atoms with Crippen LogP contribution in [0.5, 0.6) is 11.5 Å². The third kappa shape index (κ3) is 4.37. The first-order chi connectivity index (χ1) is 10.4. The number of carbonyl (C=O) groups excluding carboxylic acids is 1. The second-order valence-electron chi connectivity index (χ2n) is 6.40. The average molecular weight is 343 g/mol. The molecule has 0 fully saturated rings. The molecule has 0 radical (unpaired) electrons. The monoisotopic (exact) mass is 343 g/mol. The first-order valence-corrected chi connectivity index (χ1v) is 8.77. The molecule has 1 aromatic rings. The van der Waals surface area contributed by atoms with Gasteiger partial charge in [0.2, 0.25) is 5.91 Å². The summed E-state index contributed by atoms with van der Waals surface area (Å²) in [6.45, 7) is 8.43. The molecule has 1 atom stereocenters. The van der Waals surface area contributed by atoms with Gasteiger partial charge in [-0.15, -0.1) is 0 Å². The summed E-state index contributed by atoms with van der Waals surface area (Å²) < 4.78 is 35.9. The first-order valence-electron chi connectivity index (χ1n) is 7.22. The quantitative estimate of drug-likeness (QED) is 0.885. The zero-order valence-electron chi connectivity index (χ0n) is 14.7. The number of ether oxygens (including phenoxy) is 2. The Morgan fingerprint density at radius 2 is 1.61 bits per heavy atom. The number of hydrogen-bond donors (Lipinski definition) is 1. The highest BCUT2D eigenvalue weighted by atomic mass is 32.2. The van der Waals surface area contributed by atoms with E-state index >= 15 is 0 Å². The van der Waals surface area contributed by atoms with Crippen molar-refractivity contribution < 1.29 is 22.7 Å². The third-order valence-corrected chi connectivity index (χ3v) is 5.52. The minimum Gasteiger partial charge on any atom is -0.493 e. The minimum absolute atomic E-state index is 0.0618. The molecule has 6 nitrogen and oxygen atoms in total. The van der Waals surface area contributed by atoms with Gasteiger partial charge in [0.15, 0.2) is 21.3 Å². The fourth-order valence-corrected chi connectivity index (χ4v) is 3.57. The van der Waals surface area contributed by atoms with E-state index in [1.807, 2.05) is 0 Å². The van der Waals surface area contributed by atoms with Crippen molar-refractivity contribution in [1.29, 1.82) is 0 Å². The molecule has 1 unspecified atom stereocenters. The normalized spacial score (nSPS) is 13.3. The molecule has 0 aliphatic carbocycles. The molecule has 1 aromatic carbocycles. The van der Waals surface area contributed by atoms with E-state index in [0.717, 1.165) is 0 Å². The highest BCUT2D eigenvalue weighted by molar-refractivity contribution is 7.92. The predicted molar refractivity (Wildman–Crippen MR) is 88.8 cm³/mol. The van der Waals surface area contributed by atoms with E-state index in [1.165, 1.54) is 27.2 Å². The number of amides is 1. The summed E-state index contributed by atoms with van der Waals surface area (Å²) in [7, 11) is -0.939. The van der Waals surface area contributed by atoms with E-state index in [0.29, 0.717) is 17.1 Å². The fraction of sp³-hybridized carbons (Fsp3) is 0.562. The second kappa shape index (κ2) is 6.78. The van der Waals surface area contributed by atoms with Crippen LogP contribution in [0.4, 0.5) is 0 Å². The SMILES string of the molecule is COc1cc(C)c(S(=O)(=O)C(C)C(=O)NC(C)(C)C)cc1OC. The standard InChI is InChI=1S/C16H25NO5S/c1-10-8-12(21-6)13(22-7)9-14(10)23(19,20)11(2)15(18)17-16(3,4)5/h8-9,11H,1-7H3,(H,17,18). The lowest BCUT2D eigenvalue weighted by atomic mass is 10.1. The van der Waals surface area contributed by atoms with E-state index in [1.54, 1.807) is 33.8 Å². The molecule has 0 aliphatic heterocycles. The lowest BCUT2D eigenvalue weighted by Gasteiger charge is -2.23. The lowest BCUT2D eigenvalue weighted by Crippen LogP contribution is -2.47. The number of methoxy groups -OCH3 is 2. The van der Waals surface area contributed by atoms with Crippen molar-refractivity contribution in [3.05, 3.63) is 17.7 Å². The van der Waals surface area contributed by atoms with Crippen molar-refractivity contribution in [3.63, 3.8) is 0 Å². The molecule has 0 bridgehead atoms. The number of aryl methyl sites for hydroxylation is 1. The molecule has 1 amide bonds. The summed E-state index contributed by atoms with van der Waals surface area (Å²) in [5.74, 6) is 0.211. The van der Waals surface area contributed by atoms with Gasteiger partial charge in [0, 0.05) is 11.6 Å². The predicted octanol–water partition coefficient (Wildman–Crippen LogP) is 2.09. The molecular weight excluding hydrogens is 318 g/mol. The zero-order valence-corrected chi connectivity index (χ0v) is 15.5. The van der Waals surface area contributed by atoms with Gasteiger partial charge in [-0.1, -0.05) is 0 Å². The number of hydrogen-bond acceptors (Lipinski definition) is 5. The maximum atomic E-state index is 12.8. The van der Waals surface area contributed by atoms with Crippen molar-refractivity contribution >= 4 is 15.7 Å². The second-order valence-corrected chi connectivity index (χ2v) is 8.64. The Morgan fingerprint density at radius 3 is 2.04 bits per heavy atom. The van der Waals surface area contributed by atoms with Crippen molar-refractivity contribution in [2.75, 3.05) is 14.2 Å². The Hall–Kier alpha value is -1.76. The van der Waals surface area contributed by atoms with Crippen LogP contribution < -0.4 is 14.8 Å². The smallest absolute Gasteiger partial charge is 0.238 e. The van der Waals surface area contributed by atoms with E-state index in [9.17, 15) is 13.2 Å². The van der Waals surface area contributed by atoms with Gasteiger partial charge in [0.1, 0.15) is 5.25 Å². The minimum atomic E-state index is -3.85. The highest BCUT2D eigenvalue weighted by Gasteiger charge is 2.33. The average Bonchev–Trinajstić information content (AvgIpc) is 2.43. The third-order valence-electron chi connectivity index (χ3n) is 3.32. The van der Waals surface area contributed by atoms with Gasteiger partial charge in [-0.25, -0.2) is 8.42 Å². The number of nitrogens with one attached hydrogen (secondary N) is 1. The Kier molecular flexibility index (Phi) is 5.69. The Morgan fingerprint density at radius 1 is 1.13 bits per heavy atom. The van der Waals surface area contributed by atoms with Crippen LogP contribution in [0.25, 0.3) is 0 Å². The molecule has 0 saturated heterocycles. The summed E-state index contributed by atoms with van der Waals surface area (Å²) in [6.07, 6.45) is 0. The number of rotatable bonds is 5. The van der Waals surface area contributed by atoms with Crippen LogP contribution >= 0.6 is 0 Å². The van der Waals surface area contributed by atoms with Gasteiger partial charge in [0.05, 0.1) is 19.1 Å². The number of carbonyl (C=O) groups is 1. The van der Waals surface area contributed by atoms with Crippen LogP contribution in [0, 0.1) is 6.92 Å². The molecule has 130 valence electrons. The van der Waals surface area contributed by atoms with E-state index in [4.69, 9.17) is 9.47 Å². The van der Waals surface area contributed by atoms with Gasteiger partial charge < -0.3 is 14.8 Å². The molecule has 0 spiro atoms. The molecule has 23 heavy (non-hydrogen) atoms. The molecule has 1 N–H and O–H groups in total. The van der Waals surface area contributed by atoms with Crippen LogP contribution in [0.3, 0.4) is 0 Å². The summed E-state index contributed by atoms with van der Waals surface area (Å²) >= 11 is 0. The van der Waals surface area contributed by atoms with Crippen molar-refractivity contribution in [2.24, 2.45) is 0 Å². The van der Waals surface area contributed by atoms with Crippen molar-refractivity contribution in [1.82, 2.24) is 5.32 Å². The molecular formula is C16H25NO5S. The highest BCUT2D eigenvalue weighted by Crippen LogP contribution is 2.33. The van der Waals surface area contributed by atoms with Gasteiger partial charge in [-0.05, 0) is 46.2 Å². The number of sulfone groups is 1. The summed E-state index contributed by atoms with van der Waals surface area (Å²) in [5.41, 5.74) is -0.00824. The summed E-state index contributed by atoms with van der Waals surface area (Å²) in [6, 6.07) is 2.98. The first kappa shape index (κ1) is 19.3. The van der Waals surface area contributed by atoms with E-state index < -0.39 is 26.5 Å². The Labute approximate surface area is 138 Å². The van der Waals surface area contributed by atoms with Gasteiger partial charge >= 0.3 is 0 Å². The molecule has 7 heteroatoms. The van der Waals surface area contributed by atoms with Crippen LogP contribution in [0.2, 0.25) is 0 Å². The molecule has 0 aromatic heterocycles. The number of benzene rings is 1. The fourth-order valence-electron chi connectivity index (χ4n) is 2.07.